The highest BCUT2D eigenvalue weighted by molar-refractivity contribution is 5.78. The monoisotopic (exact) mass is 605 g/mol. The first-order chi connectivity index (χ1) is 23.3. The smallest absolute Gasteiger partial charge is 0.208 e. The molecule has 4 heteroatoms. The molecule has 1 aliphatic rings. The van der Waals surface area contributed by atoms with Gasteiger partial charge in [-0.15, -0.1) is 0 Å². The first-order valence-corrected chi connectivity index (χ1v) is 16.0. The van der Waals surface area contributed by atoms with E-state index in [-0.39, 0.29) is 6.04 Å². The second kappa shape index (κ2) is 12.7. The Kier molecular flexibility index (Phi) is 7.66. The highest BCUT2D eigenvalue weighted by Crippen LogP contribution is 2.35. The molecule has 0 N–H and O–H groups in total. The van der Waals surface area contributed by atoms with Crippen molar-refractivity contribution in [2.75, 3.05) is 11.6 Å². The van der Waals surface area contributed by atoms with E-state index in [2.05, 4.69) is 180 Å². The van der Waals surface area contributed by atoms with Crippen LogP contribution in [0.2, 0.25) is 0 Å². The van der Waals surface area contributed by atoms with E-state index in [0.29, 0.717) is 6.67 Å². The Balaban J connectivity index is 1.12. The van der Waals surface area contributed by atoms with Gasteiger partial charge in [-0.25, -0.2) is 0 Å². The zero-order chi connectivity index (χ0) is 31.4. The molecule has 224 valence electrons. The molecule has 0 atom stereocenters. The number of hydrogen-bond acceptors (Lipinski definition) is 3. The third-order valence-corrected chi connectivity index (χ3v) is 8.77. The second-order valence-electron chi connectivity index (χ2n) is 11.6. The SMILES string of the molecule is c1ccc(C(c2ccccc2)[n+]2ccc(-c3ccc(-c4ccc(N(c5ccccc5)c5ccccc5)cc4)c4c3=NCN=4)cc2)cc1. The van der Waals surface area contributed by atoms with Gasteiger partial charge in [0.2, 0.25) is 6.04 Å². The van der Waals surface area contributed by atoms with Crippen LogP contribution in [0.1, 0.15) is 17.2 Å². The third kappa shape index (κ3) is 5.62. The quantitative estimate of drug-likeness (QED) is 0.160. The Morgan fingerprint density at radius 1 is 0.426 bits per heavy atom. The van der Waals surface area contributed by atoms with Gasteiger partial charge in [-0.2, -0.15) is 4.57 Å². The van der Waals surface area contributed by atoms with Crippen LogP contribution in [0.15, 0.2) is 192 Å². The van der Waals surface area contributed by atoms with Crippen molar-refractivity contribution in [2.24, 2.45) is 9.98 Å². The average Bonchev–Trinajstić information content (AvgIpc) is 3.65. The minimum Gasteiger partial charge on any atom is -0.311 e. The minimum absolute atomic E-state index is 0.0851. The molecule has 0 unspecified atom stereocenters. The summed E-state index contributed by atoms with van der Waals surface area (Å²) < 4.78 is 2.28. The number of anilines is 3. The lowest BCUT2D eigenvalue weighted by atomic mass is 9.97. The van der Waals surface area contributed by atoms with E-state index >= 15 is 0 Å². The van der Waals surface area contributed by atoms with Crippen LogP contribution in [-0.2, 0) is 0 Å². The molecule has 1 aliphatic heterocycles. The van der Waals surface area contributed by atoms with E-state index in [1.165, 1.54) is 11.1 Å². The van der Waals surface area contributed by atoms with Crippen LogP contribution in [0.4, 0.5) is 17.1 Å². The van der Waals surface area contributed by atoms with Crippen molar-refractivity contribution in [2.45, 2.75) is 6.04 Å². The molecule has 4 nitrogen and oxygen atoms in total. The van der Waals surface area contributed by atoms with Crippen LogP contribution in [0.5, 0.6) is 0 Å². The van der Waals surface area contributed by atoms with Gasteiger partial charge in [0.25, 0.3) is 0 Å². The summed E-state index contributed by atoms with van der Waals surface area (Å²) in [6, 6.07) is 59.9. The molecule has 8 rings (SSSR count). The molecule has 0 radical (unpaired) electrons. The van der Waals surface area contributed by atoms with E-state index in [4.69, 9.17) is 9.98 Å². The number of benzene rings is 6. The maximum Gasteiger partial charge on any atom is 0.208 e. The maximum atomic E-state index is 4.86. The van der Waals surface area contributed by atoms with E-state index in [1.807, 2.05) is 12.1 Å². The second-order valence-corrected chi connectivity index (χ2v) is 11.6. The van der Waals surface area contributed by atoms with Gasteiger partial charge in [-0.3, -0.25) is 9.98 Å². The normalized spacial score (nSPS) is 11.9. The van der Waals surface area contributed by atoms with Crippen LogP contribution < -0.4 is 20.2 Å². The average molecular weight is 606 g/mol. The van der Waals surface area contributed by atoms with Gasteiger partial charge in [0.15, 0.2) is 12.4 Å². The molecule has 1 aromatic heterocycles. The molecule has 0 spiro atoms. The van der Waals surface area contributed by atoms with E-state index in [9.17, 15) is 0 Å². The zero-order valence-corrected chi connectivity index (χ0v) is 25.9. The zero-order valence-electron chi connectivity index (χ0n) is 25.9. The van der Waals surface area contributed by atoms with Crippen LogP contribution in [0.25, 0.3) is 22.3 Å². The number of pyridine rings is 1. The molecule has 0 saturated heterocycles. The summed E-state index contributed by atoms with van der Waals surface area (Å²) in [7, 11) is 0. The summed E-state index contributed by atoms with van der Waals surface area (Å²) in [5, 5.41) is 1.92. The molecule has 0 aliphatic carbocycles. The third-order valence-electron chi connectivity index (χ3n) is 8.77. The predicted octanol–water partition coefficient (Wildman–Crippen LogP) is 8.63. The molecular weight excluding hydrogens is 573 g/mol. The molecule has 0 bridgehead atoms. The molecule has 6 aromatic carbocycles. The topological polar surface area (TPSA) is 31.8 Å². The Morgan fingerprint density at radius 3 is 1.30 bits per heavy atom. The summed E-state index contributed by atoms with van der Waals surface area (Å²) >= 11 is 0. The minimum atomic E-state index is 0.0851. The number of aromatic nitrogens is 1. The van der Waals surface area contributed by atoms with Crippen LogP contribution in [-0.4, -0.2) is 6.67 Å². The van der Waals surface area contributed by atoms with Gasteiger partial charge < -0.3 is 4.90 Å². The van der Waals surface area contributed by atoms with Crippen molar-refractivity contribution < 1.29 is 4.57 Å². The highest BCUT2D eigenvalue weighted by atomic mass is 15.1. The van der Waals surface area contributed by atoms with E-state index < -0.39 is 0 Å². The van der Waals surface area contributed by atoms with Gasteiger partial charge >= 0.3 is 0 Å². The van der Waals surface area contributed by atoms with Gasteiger partial charge in [-0.1, -0.05) is 121 Å². The van der Waals surface area contributed by atoms with Crippen molar-refractivity contribution in [3.05, 3.63) is 204 Å². The van der Waals surface area contributed by atoms with Gasteiger partial charge in [-0.05, 0) is 47.5 Å². The number of nitrogens with zero attached hydrogens (tertiary/aromatic N) is 4. The van der Waals surface area contributed by atoms with Crippen molar-refractivity contribution in [1.82, 2.24) is 0 Å². The van der Waals surface area contributed by atoms with Crippen molar-refractivity contribution in [3.8, 4) is 22.3 Å². The number of hydrogen-bond donors (Lipinski definition) is 0. The Hall–Kier alpha value is -6.13. The largest absolute Gasteiger partial charge is 0.311 e. The molecule has 0 amide bonds. The first-order valence-electron chi connectivity index (χ1n) is 16.0. The lowest BCUT2D eigenvalue weighted by molar-refractivity contribution is -0.704. The van der Waals surface area contributed by atoms with Crippen molar-refractivity contribution in [3.63, 3.8) is 0 Å². The Morgan fingerprint density at radius 2 is 0.830 bits per heavy atom. The number of rotatable bonds is 8. The lowest BCUT2D eigenvalue weighted by Crippen LogP contribution is -2.40. The van der Waals surface area contributed by atoms with E-state index in [0.717, 1.165) is 50.0 Å². The lowest BCUT2D eigenvalue weighted by Gasteiger charge is -2.25. The molecule has 0 saturated carbocycles. The van der Waals surface area contributed by atoms with Gasteiger partial charge in [0.05, 0.1) is 10.7 Å². The predicted molar refractivity (Wildman–Crippen MR) is 189 cm³/mol. The van der Waals surface area contributed by atoms with Crippen molar-refractivity contribution >= 4 is 17.1 Å². The molecule has 7 aromatic rings. The fourth-order valence-corrected chi connectivity index (χ4v) is 6.53. The molecule has 2 heterocycles. The fourth-order valence-electron chi connectivity index (χ4n) is 6.53. The fraction of sp³-hybridized carbons (Fsp3) is 0.0465. The Labute approximate surface area is 274 Å². The summed E-state index contributed by atoms with van der Waals surface area (Å²) in [6.07, 6.45) is 4.35. The molecule has 0 fully saturated rings. The number of para-hydroxylation sites is 2. The van der Waals surface area contributed by atoms with Crippen LogP contribution in [0.3, 0.4) is 0 Å². The van der Waals surface area contributed by atoms with E-state index in [1.54, 1.807) is 0 Å². The summed E-state index contributed by atoms with van der Waals surface area (Å²) in [6.45, 7) is 0.449. The Bertz CT molecular complexity index is 1990. The highest BCUT2D eigenvalue weighted by Gasteiger charge is 2.23. The summed E-state index contributed by atoms with van der Waals surface area (Å²) in [4.78, 5) is 12.0. The molecule has 47 heavy (non-hydrogen) atoms. The standard InChI is InChI=1S/C43H33N4/c1-5-13-34(14-6-1)43(35-15-7-2-8-16-35)46-29-27-33(28-30-46)40-26-25-39(41-42(40)45-31-44-41)32-21-23-38(24-22-32)47(36-17-9-3-10-18-36)37-19-11-4-12-20-37/h1-30,43H,31H2/q+1. The summed E-state index contributed by atoms with van der Waals surface area (Å²) in [5.74, 6) is 0. The number of fused-ring (bicyclic) bond motifs is 1. The van der Waals surface area contributed by atoms with Gasteiger partial charge in [0, 0.05) is 51.4 Å². The van der Waals surface area contributed by atoms with Crippen LogP contribution in [0, 0.1) is 0 Å². The van der Waals surface area contributed by atoms with Crippen LogP contribution >= 0.6 is 0 Å². The first kappa shape index (κ1) is 28.4. The molecular formula is C43H33N4+. The van der Waals surface area contributed by atoms with Gasteiger partial charge in [0.1, 0.15) is 6.67 Å². The van der Waals surface area contributed by atoms with Crippen molar-refractivity contribution in [1.29, 1.82) is 0 Å². The maximum absolute atomic E-state index is 4.86. The summed E-state index contributed by atoms with van der Waals surface area (Å²) in [5.41, 5.74) is 10.3.